The third-order valence-corrected chi connectivity index (χ3v) is 16.2. The molecule has 0 aromatic heterocycles. The average molecular weight is 958 g/mol. The zero-order chi connectivity index (χ0) is 49.9. The second kappa shape index (κ2) is 43.6. The van der Waals surface area contributed by atoms with Gasteiger partial charge in [-0.25, -0.2) is 0 Å². The van der Waals surface area contributed by atoms with Crippen molar-refractivity contribution in [1.29, 1.82) is 0 Å². The molecule has 0 radical (unpaired) electrons. The molecule has 0 bridgehead atoms. The van der Waals surface area contributed by atoms with Crippen LogP contribution in [0.15, 0.2) is 24.3 Å². The van der Waals surface area contributed by atoms with Crippen LogP contribution in [0.1, 0.15) is 357 Å². The van der Waals surface area contributed by atoms with E-state index in [1.54, 1.807) is 0 Å². The predicted molar refractivity (Wildman–Crippen MR) is 309 cm³/mol. The minimum absolute atomic E-state index is 0.427. The van der Waals surface area contributed by atoms with Gasteiger partial charge in [-0.1, -0.05) is 311 Å². The largest absolute Gasteiger partial charge is 0.508 e. The van der Waals surface area contributed by atoms with Gasteiger partial charge in [0.05, 0.1) is 0 Å². The van der Waals surface area contributed by atoms with Gasteiger partial charge in [0.15, 0.2) is 0 Å². The molecular weight excluding hydrogens is 837 g/mol. The molecule has 0 fully saturated rings. The van der Waals surface area contributed by atoms with Gasteiger partial charge in [0.2, 0.25) is 0 Å². The van der Waals surface area contributed by atoms with Crippen LogP contribution < -0.4 is 0 Å². The van der Waals surface area contributed by atoms with Crippen LogP contribution in [-0.4, -0.2) is 10.2 Å². The Balaban J connectivity index is 2.30. The second-order valence-corrected chi connectivity index (χ2v) is 23.0. The van der Waals surface area contributed by atoms with Crippen molar-refractivity contribution in [2.75, 3.05) is 0 Å². The summed E-state index contributed by atoms with van der Waals surface area (Å²) in [6, 6.07) is 8.58. The SMILES string of the molecule is CCCCCCCCCCCCCc1ccc(O)c(C(C)(C)c2c(O)ccc(CCCCCCCCCCCCC)c2CCCCCCCCCCCCC)c1CCCCCCCCCCCCC. The summed E-state index contributed by atoms with van der Waals surface area (Å²) < 4.78 is 0. The molecule has 0 aliphatic carbocycles. The smallest absolute Gasteiger partial charge is 0.119 e. The Labute approximate surface area is 432 Å². The summed E-state index contributed by atoms with van der Waals surface area (Å²) in [6.07, 6.45) is 63.7. The van der Waals surface area contributed by atoms with Crippen molar-refractivity contribution in [3.05, 3.63) is 57.6 Å². The van der Waals surface area contributed by atoms with Crippen molar-refractivity contribution in [1.82, 2.24) is 0 Å². The quantitative estimate of drug-likeness (QED) is 0.0649. The minimum atomic E-state index is -0.519. The number of hydrogen-bond acceptors (Lipinski definition) is 2. The molecule has 0 atom stereocenters. The molecule has 0 spiro atoms. The van der Waals surface area contributed by atoms with Crippen LogP contribution in [0.25, 0.3) is 0 Å². The van der Waals surface area contributed by atoms with Crippen molar-refractivity contribution in [3.8, 4) is 11.5 Å². The zero-order valence-corrected chi connectivity index (χ0v) is 47.6. The number of aryl methyl sites for hydroxylation is 2. The molecule has 2 aromatic carbocycles. The Kier molecular flexibility index (Phi) is 39.9. The Morgan fingerprint density at radius 2 is 0.449 bits per heavy atom. The fraction of sp³-hybridized carbons (Fsp3) is 0.821. The molecule has 2 nitrogen and oxygen atoms in total. The third-order valence-electron chi connectivity index (χ3n) is 16.2. The lowest BCUT2D eigenvalue weighted by Gasteiger charge is -2.34. The van der Waals surface area contributed by atoms with Crippen LogP contribution in [0.5, 0.6) is 11.5 Å². The van der Waals surface area contributed by atoms with E-state index in [1.807, 2.05) is 12.1 Å². The van der Waals surface area contributed by atoms with Gasteiger partial charge in [0.1, 0.15) is 11.5 Å². The van der Waals surface area contributed by atoms with Crippen molar-refractivity contribution >= 4 is 0 Å². The maximum absolute atomic E-state index is 12.1. The van der Waals surface area contributed by atoms with Crippen molar-refractivity contribution < 1.29 is 10.2 Å². The van der Waals surface area contributed by atoms with E-state index >= 15 is 0 Å². The fourth-order valence-electron chi connectivity index (χ4n) is 11.8. The summed E-state index contributed by atoms with van der Waals surface area (Å²) in [5.74, 6) is 0.855. The van der Waals surface area contributed by atoms with Crippen LogP contribution >= 0.6 is 0 Å². The number of benzene rings is 2. The van der Waals surface area contributed by atoms with E-state index in [1.165, 1.54) is 305 Å². The van der Waals surface area contributed by atoms with E-state index in [0.717, 1.165) is 36.8 Å². The number of phenolic OH excluding ortho intramolecular Hbond substituents is 2. The highest BCUT2D eigenvalue weighted by atomic mass is 16.3. The van der Waals surface area contributed by atoms with E-state index in [2.05, 4.69) is 53.7 Å². The molecule has 2 aromatic rings. The molecule has 0 amide bonds. The lowest BCUT2D eigenvalue weighted by molar-refractivity contribution is 0.429. The summed E-state index contributed by atoms with van der Waals surface area (Å²) in [5.41, 5.74) is 7.34. The highest BCUT2D eigenvalue weighted by molar-refractivity contribution is 5.59. The maximum Gasteiger partial charge on any atom is 0.119 e. The summed E-state index contributed by atoms with van der Waals surface area (Å²) in [6.45, 7) is 13.9. The topological polar surface area (TPSA) is 40.5 Å². The number of aromatic hydroxyl groups is 2. The highest BCUT2D eigenvalue weighted by Crippen LogP contribution is 2.47. The first-order valence-corrected chi connectivity index (χ1v) is 31.5. The first kappa shape index (κ1) is 63.2. The number of unbranched alkanes of at least 4 members (excludes halogenated alkanes) is 40. The van der Waals surface area contributed by atoms with E-state index in [9.17, 15) is 10.2 Å². The van der Waals surface area contributed by atoms with Gasteiger partial charge in [-0.3, -0.25) is 0 Å². The zero-order valence-electron chi connectivity index (χ0n) is 47.6. The Bertz CT molecular complexity index is 1350. The Morgan fingerprint density at radius 1 is 0.261 bits per heavy atom. The molecular formula is C67H120O2. The molecule has 0 saturated heterocycles. The van der Waals surface area contributed by atoms with E-state index < -0.39 is 5.41 Å². The summed E-state index contributed by atoms with van der Waals surface area (Å²) >= 11 is 0. The Morgan fingerprint density at radius 3 is 0.667 bits per heavy atom. The number of rotatable bonds is 50. The predicted octanol–water partition coefficient (Wildman–Crippen LogP) is 22.8. The molecule has 0 unspecified atom stereocenters. The van der Waals surface area contributed by atoms with Crippen LogP contribution in [-0.2, 0) is 31.1 Å². The van der Waals surface area contributed by atoms with Gasteiger partial charge >= 0.3 is 0 Å². The lowest BCUT2D eigenvalue weighted by atomic mass is 9.70. The van der Waals surface area contributed by atoms with Crippen molar-refractivity contribution in [2.45, 2.75) is 355 Å². The minimum Gasteiger partial charge on any atom is -0.508 e. The van der Waals surface area contributed by atoms with Crippen LogP contribution in [0.4, 0.5) is 0 Å². The number of hydrogen-bond donors (Lipinski definition) is 2. The molecule has 0 heterocycles. The fourth-order valence-corrected chi connectivity index (χ4v) is 11.8. The van der Waals surface area contributed by atoms with Crippen LogP contribution in [0.3, 0.4) is 0 Å². The normalized spacial score (nSPS) is 11.9. The average Bonchev–Trinajstić information content (AvgIpc) is 3.34. The van der Waals surface area contributed by atoms with Gasteiger partial charge in [-0.15, -0.1) is 0 Å². The first-order chi connectivity index (χ1) is 33.8. The second-order valence-electron chi connectivity index (χ2n) is 23.0. The highest BCUT2D eigenvalue weighted by Gasteiger charge is 2.35. The summed E-state index contributed by atoms with van der Waals surface area (Å²) in [4.78, 5) is 0. The molecule has 2 heteroatoms. The van der Waals surface area contributed by atoms with Gasteiger partial charge in [-0.2, -0.15) is 0 Å². The van der Waals surface area contributed by atoms with E-state index in [-0.39, 0.29) is 0 Å². The van der Waals surface area contributed by atoms with Crippen LogP contribution in [0, 0.1) is 0 Å². The first-order valence-electron chi connectivity index (χ1n) is 31.5. The molecule has 400 valence electrons. The van der Waals surface area contributed by atoms with Crippen molar-refractivity contribution in [3.63, 3.8) is 0 Å². The van der Waals surface area contributed by atoms with Gasteiger partial charge in [0, 0.05) is 16.5 Å². The standard InChI is InChI=1S/C67H120O2/c1-7-11-15-19-23-27-31-35-39-43-47-51-59-55-57-63(68)65(61(59)53-49-45-41-37-33-29-25-21-17-13-9-3)67(5,6)66-62(54-50-46-42-38-34-30-26-22-18-14-10-4)60(56-58-64(66)69)52-48-44-40-36-32-28-24-20-16-12-8-2/h55-58,68-69H,7-54H2,1-6H3. The molecule has 2 rings (SSSR count). The molecule has 0 aliphatic rings. The molecule has 2 N–H and O–H groups in total. The summed E-state index contributed by atoms with van der Waals surface area (Å²) in [7, 11) is 0. The molecule has 0 saturated carbocycles. The molecule has 0 aliphatic heterocycles. The lowest BCUT2D eigenvalue weighted by Crippen LogP contribution is -2.25. The van der Waals surface area contributed by atoms with E-state index in [0.29, 0.717) is 11.5 Å². The third kappa shape index (κ3) is 29.4. The van der Waals surface area contributed by atoms with E-state index in [4.69, 9.17) is 0 Å². The van der Waals surface area contributed by atoms with Gasteiger partial charge < -0.3 is 10.2 Å². The summed E-state index contributed by atoms with van der Waals surface area (Å²) in [5, 5.41) is 24.2. The van der Waals surface area contributed by atoms with Crippen molar-refractivity contribution in [2.24, 2.45) is 0 Å². The monoisotopic (exact) mass is 957 g/mol. The van der Waals surface area contributed by atoms with Gasteiger partial charge in [-0.05, 0) is 85.8 Å². The van der Waals surface area contributed by atoms with Crippen LogP contribution in [0.2, 0.25) is 0 Å². The number of phenols is 2. The maximum atomic E-state index is 12.1. The van der Waals surface area contributed by atoms with Gasteiger partial charge in [0.25, 0.3) is 0 Å². The molecule has 69 heavy (non-hydrogen) atoms. The Hall–Kier alpha value is -1.96.